The maximum absolute atomic E-state index is 12.2. The average molecular weight is 390 g/mol. The van der Waals surface area contributed by atoms with Crippen LogP contribution < -0.4 is 0 Å². The highest BCUT2D eigenvalue weighted by atomic mass is 32.0. The number of benzene rings is 1. The molecule has 1 aliphatic carbocycles. The number of esters is 1. The van der Waals surface area contributed by atoms with Gasteiger partial charge in [0, 0.05) is 24.7 Å². The van der Waals surface area contributed by atoms with E-state index in [1.165, 1.54) is 0 Å². The molecule has 1 heterocycles. The third-order valence-corrected chi connectivity index (χ3v) is 5.69. The Morgan fingerprint density at radius 3 is 2.81 bits per heavy atom. The van der Waals surface area contributed by atoms with Crippen LogP contribution in [-0.4, -0.2) is 31.5 Å². The molecule has 7 heteroatoms. The van der Waals surface area contributed by atoms with Crippen LogP contribution in [0.2, 0.25) is 0 Å². The van der Waals surface area contributed by atoms with Crippen molar-refractivity contribution in [2.24, 2.45) is 11.8 Å². The maximum Gasteiger partial charge on any atom is 0.306 e. The maximum atomic E-state index is 12.2. The van der Waals surface area contributed by atoms with Crippen LogP contribution in [0.3, 0.4) is 0 Å². The van der Waals surface area contributed by atoms with Gasteiger partial charge in [-0.3, -0.25) is 9.59 Å². The lowest BCUT2D eigenvalue weighted by molar-refractivity contribution is -0.141. The van der Waals surface area contributed by atoms with E-state index < -0.39 is 7.72 Å². The summed E-state index contributed by atoms with van der Waals surface area (Å²) in [6, 6.07) is 9.95. The van der Waals surface area contributed by atoms with Gasteiger partial charge in [0.05, 0.1) is 12.5 Å². The van der Waals surface area contributed by atoms with Crippen molar-refractivity contribution in [2.75, 3.05) is 0 Å². The van der Waals surface area contributed by atoms with Gasteiger partial charge in [-0.25, -0.2) is 0 Å². The zero-order valence-electron chi connectivity index (χ0n) is 13.9. The van der Waals surface area contributed by atoms with Gasteiger partial charge in [-0.2, -0.15) is 0 Å². The predicted molar refractivity (Wildman–Crippen MR) is 109 cm³/mol. The molecule has 2 radical (unpaired) electrons. The highest BCUT2D eigenvalue weighted by Crippen LogP contribution is 2.50. The van der Waals surface area contributed by atoms with Gasteiger partial charge in [0.2, 0.25) is 0 Å². The molecule has 3 rings (SSSR count). The van der Waals surface area contributed by atoms with E-state index in [2.05, 4.69) is 8.93 Å². The number of aryl methyl sites for hydroxylation is 1. The Bertz CT molecular complexity index is 650. The van der Waals surface area contributed by atoms with Crippen LogP contribution in [-0.2, 0) is 25.3 Å². The number of hydrogen-bond acceptors (Lipinski definition) is 4. The van der Waals surface area contributed by atoms with Crippen LogP contribution in [0.4, 0.5) is 0 Å². The third-order valence-electron chi connectivity index (χ3n) is 4.82. The molecule has 6 atom stereocenters. The summed E-state index contributed by atoms with van der Waals surface area (Å²) < 4.78 is 11.2. The molecule has 4 nitrogen and oxygen atoms in total. The summed E-state index contributed by atoms with van der Waals surface area (Å²) in [5, 5.41) is 0. The fourth-order valence-electron chi connectivity index (χ4n) is 3.65. The number of rotatable bonds is 7. The average Bonchev–Trinajstić information content (AvgIpc) is 3.07. The van der Waals surface area contributed by atoms with Gasteiger partial charge in [0.25, 0.3) is 0 Å². The molecule has 0 aromatic heterocycles. The number of carbonyl (C=O) groups excluding carboxylic acids is 2. The van der Waals surface area contributed by atoms with Gasteiger partial charge in [-0.1, -0.05) is 52.8 Å². The second kappa shape index (κ2) is 9.79. The van der Waals surface area contributed by atoms with E-state index in [9.17, 15) is 9.59 Å². The quantitative estimate of drug-likeness (QED) is 0.306. The summed E-state index contributed by atoms with van der Waals surface area (Å²) in [4.78, 5) is 23.8. The van der Waals surface area contributed by atoms with E-state index in [-0.39, 0.29) is 43.2 Å². The topological polar surface area (TPSA) is 52.6 Å². The molecule has 1 saturated carbocycles. The van der Waals surface area contributed by atoms with Crippen LogP contribution in [0.25, 0.3) is 0 Å². The van der Waals surface area contributed by atoms with Crippen molar-refractivity contribution in [3.63, 3.8) is 0 Å². The summed E-state index contributed by atoms with van der Waals surface area (Å²) in [6.45, 7) is 0. The van der Waals surface area contributed by atoms with Gasteiger partial charge < -0.3 is 9.26 Å². The minimum atomic E-state index is -1.07. The van der Waals surface area contributed by atoms with Crippen molar-refractivity contribution in [1.82, 2.24) is 0 Å². The van der Waals surface area contributed by atoms with E-state index in [0.29, 0.717) is 19.3 Å². The van der Waals surface area contributed by atoms with E-state index in [1.54, 1.807) is 6.08 Å². The molecule has 138 valence electrons. The predicted octanol–water partition coefficient (Wildman–Crippen LogP) is 3.99. The van der Waals surface area contributed by atoms with Crippen LogP contribution in [0, 0.1) is 11.8 Å². The summed E-state index contributed by atoms with van der Waals surface area (Å²) in [5.74, 6) is -0.0119. The molecule has 0 amide bonds. The van der Waals surface area contributed by atoms with Crippen LogP contribution >= 0.6 is 16.6 Å². The van der Waals surface area contributed by atoms with E-state index in [0.717, 1.165) is 12.0 Å². The molecule has 2 fully saturated rings. The van der Waals surface area contributed by atoms with Gasteiger partial charge in [-0.05, 0) is 25.8 Å². The van der Waals surface area contributed by atoms with Crippen molar-refractivity contribution in [3.8, 4) is 0 Å². The second-order valence-electron chi connectivity index (χ2n) is 6.52. The smallest absolute Gasteiger partial charge is 0.306 e. The molecule has 0 N–H and O–H groups in total. The van der Waals surface area contributed by atoms with Crippen LogP contribution in [0.5, 0.6) is 0 Å². The molecule has 0 bridgehead atoms. The lowest BCUT2D eigenvalue weighted by Gasteiger charge is -2.22. The molecule has 6 unspecified atom stereocenters. The normalized spacial score (nSPS) is 28.4. The molecule has 1 aromatic carbocycles. The Morgan fingerprint density at radius 2 is 2.12 bits per heavy atom. The zero-order chi connectivity index (χ0) is 17.8. The Kier molecular flexibility index (Phi) is 8.01. The van der Waals surface area contributed by atoms with Crippen molar-refractivity contribution < 1.29 is 18.8 Å². The second-order valence-corrected chi connectivity index (χ2v) is 8.98. The standard InChI is InChI=1S/C18H21BO4P2.CH4/c19-25(24)23-17-11-16-15(10-18(21)22-16)14(17)9-8-13(20)7-6-12-4-2-1-3-5-12;/h1-5,8-9,14-17H,6-7,10-11,24H2;1H4/b9-8+;. The summed E-state index contributed by atoms with van der Waals surface area (Å²) >= 11 is 0. The third kappa shape index (κ3) is 5.49. The molecule has 26 heavy (non-hydrogen) atoms. The Morgan fingerprint density at radius 1 is 1.38 bits per heavy atom. The summed E-state index contributed by atoms with van der Waals surface area (Å²) in [6.07, 6.45) is 5.54. The Labute approximate surface area is 160 Å². The fraction of sp³-hybridized carbons (Fsp3) is 0.474. The van der Waals surface area contributed by atoms with Crippen LogP contribution in [0.15, 0.2) is 42.5 Å². The molecular weight excluding hydrogens is 365 g/mol. The molecule has 1 aromatic rings. The minimum absolute atomic E-state index is 0. The number of fused-ring (bicyclic) bond motifs is 1. The fourth-order valence-corrected chi connectivity index (χ4v) is 4.66. The van der Waals surface area contributed by atoms with Crippen molar-refractivity contribution >= 4 is 36.0 Å². The van der Waals surface area contributed by atoms with E-state index in [1.807, 2.05) is 36.4 Å². The summed E-state index contributed by atoms with van der Waals surface area (Å²) in [7, 11) is 7.19. The Balaban J connectivity index is 0.00000243. The highest BCUT2D eigenvalue weighted by molar-refractivity contribution is 8.23. The molecule has 2 aliphatic rings. The first-order chi connectivity index (χ1) is 12.0. The van der Waals surface area contributed by atoms with E-state index >= 15 is 0 Å². The van der Waals surface area contributed by atoms with Crippen LogP contribution in [0.1, 0.15) is 32.3 Å². The first-order valence-corrected chi connectivity index (χ1v) is 11.4. The summed E-state index contributed by atoms with van der Waals surface area (Å²) in [5.41, 5.74) is 1.15. The first kappa shape index (κ1) is 21.3. The lowest BCUT2D eigenvalue weighted by atomic mass is 9.91. The van der Waals surface area contributed by atoms with E-state index in [4.69, 9.17) is 16.8 Å². The van der Waals surface area contributed by atoms with Crippen molar-refractivity contribution in [3.05, 3.63) is 48.0 Å². The molecule has 1 saturated heterocycles. The first-order valence-electron chi connectivity index (χ1n) is 8.43. The van der Waals surface area contributed by atoms with Gasteiger partial charge in [-0.15, -0.1) is 0 Å². The number of ketones is 1. The van der Waals surface area contributed by atoms with Gasteiger partial charge >= 0.3 is 5.97 Å². The number of ether oxygens (including phenoxy) is 1. The number of hydrogen-bond donors (Lipinski definition) is 0. The monoisotopic (exact) mass is 390 g/mol. The number of carbonyl (C=O) groups is 2. The van der Waals surface area contributed by atoms with Gasteiger partial charge in [0.15, 0.2) is 13.3 Å². The Hall–Kier alpha value is -1.02. The largest absolute Gasteiger partial charge is 0.462 e. The van der Waals surface area contributed by atoms with Crippen molar-refractivity contribution in [2.45, 2.75) is 45.3 Å². The zero-order valence-corrected chi connectivity index (χ0v) is 16.0. The number of allylic oxidation sites excluding steroid dienone is 1. The molecular formula is C19H25BO4P2. The SMILES string of the molecule is C.[B]P(P)OC1CC2OC(=O)CC2C1/C=C/C(=O)CCc1ccccc1. The molecule has 1 aliphatic heterocycles. The van der Waals surface area contributed by atoms with Gasteiger partial charge in [0.1, 0.15) is 6.10 Å². The minimum Gasteiger partial charge on any atom is -0.462 e. The van der Waals surface area contributed by atoms with Crippen molar-refractivity contribution in [1.29, 1.82) is 0 Å². The highest BCUT2D eigenvalue weighted by Gasteiger charge is 2.49. The lowest BCUT2D eigenvalue weighted by Crippen LogP contribution is -2.19. The molecule has 0 spiro atoms.